The molecule has 0 radical (unpaired) electrons. The summed E-state index contributed by atoms with van der Waals surface area (Å²) in [4.78, 5) is 35.1. The number of carbonyl (C=O) groups excluding carboxylic acids is 1. The van der Waals surface area contributed by atoms with E-state index >= 15 is 0 Å². The van der Waals surface area contributed by atoms with E-state index in [1.165, 1.54) is 34.4 Å². The number of hydrogen-bond donors (Lipinski definition) is 1. The van der Waals surface area contributed by atoms with Gasteiger partial charge in [-0.3, -0.25) is 14.2 Å². The molecule has 9 heteroatoms. The molecule has 4 aromatic rings. The van der Waals surface area contributed by atoms with Gasteiger partial charge in [0.15, 0.2) is 5.16 Å². The average Bonchev–Trinajstić information content (AvgIpc) is 3.40. The van der Waals surface area contributed by atoms with Gasteiger partial charge in [0.2, 0.25) is 5.91 Å². The minimum Gasteiger partial charge on any atom is -0.325 e. The number of carbonyl (C=O) groups is 1. The molecule has 1 aromatic carbocycles. The maximum Gasteiger partial charge on any atom is 0.263 e. The second kappa shape index (κ2) is 9.59. The molecule has 0 atom stereocenters. The maximum atomic E-state index is 12.7. The van der Waals surface area contributed by atoms with Gasteiger partial charge in [-0.1, -0.05) is 36.0 Å². The summed E-state index contributed by atoms with van der Waals surface area (Å²) in [7, 11) is 0. The van der Waals surface area contributed by atoms with Gasteiger partial charge in [0.25, 0.3) is 5.56 Å². The summed E-state index contributed by atoms with van der Waals surface area (Å²) >= 11 is 4.38. The van der Waals surface area contributed by atoms with Crippen LogP contribution in [0.5, 0.6) is 0 Å². The Bertz CT molecular complexity index is 1310. The molecule has 0 saturated carbocycles. The summed E-state index contributed by atoms with van der Waals surface area (Å²) in [6.07, 6.45) is 1.92. The first-order valence-electron chi connectivity index (χ1n) is 9.55. The highest BCUT2D eigenvalue weighted by Crippen LogP contribution is 2.25. The number of thioether (sulfide) groups is 1. The summed E-state index contributed by atoms with van der Waals surface area (Å²) in [5, 5.41) is 8.79. The minimum atomic E-state index is -0.0903. The normalized spacial score (nSPS) is 11.0. The van der Waals surface area contributed by atoms with E-state index in [0.29, 0.717) is 22.8 Å². The van der Waals surface area contributed by atoms with Gasteiger partial charge in [0, 0.05) is 23.4 Å². The van der Waals surface area contributed by atoms with Gasteiger partial charge in [-0.15, -0.1) is 29.3 Å². The SMILES string of the molecule is C=CCn1c(SCc2csc(CC(=O)Nc3ccccc3C)n2)nc2sccc2c1=O. The number of nitrogens with zero attached hydrogens (tertiary/aromatic N) is 3. The third-order valence-electron chi connectivity index (χ3n) is 4.54. The van der Waals surface area contributed by atoms with E-state index in [0.717, 1.165) is 26.8 Å². The number of aryl methyl sites for hydroxylation is 1. The zero-order valence-corrected chi connectivity index (χ0v) is 19.3. The van der Waals surface area contributed by atoms with Crippen molar-refractivity contribution in [3.05, 3.63) is 80.4 Å². The van der Waals surface area contributed by atoms with Gasteiger partial charge in [-0.25, -0.2) is 9.97 Å². The number of aromatic nitrogens is 3. The fraction of sp³-hybridized carbons (Fsp3) is 0.182. The van der Waals surface area contributed by atoms with Crippen molar-refractivity contribution in [3.8, 4) is 0 Å². The number of rotatable bonds is 8. The van der Waals surface area contributed by atoms with Crippen LogP contribution in [0, 0.1) is 6.92 Å². The fourth-order valence-corrected chi connectivity index (χ4v) is 5.61. The topological polar surface area (TPSA) is 76.9 Å². The lowest BCUT2D eigenvalue weighted by Gasteiger charge is -2.09. The smallest absolute Gasteiger partial charge is 0.263 e. The van der Waals surface area contributed by atoms with Crippen molar-refractivity contribution in [2.45, 2.75) is 30.8 Å². The number of para-hydroxylation sites is 1. The summed E-state index contributed by atoms with van der Waals surface area (Å²) in [6.45, 7) is 6.11. The molecule has 158 valence electrons. The number of amides is 1. The summed E-state index contributed by atoms with van der Waals surface area (Å²) < 4.78 is 1.63. The number of nitrogens with one attached hydrogen (secondary N) is 1. The van der Waals surface area contributed by atoms with Crippen molar-refractivity contribution in [2.24, 2.45) is 0 Å². The van der Waals surface area contributed by atoms with Gasteiger partial charge >= 0.3 is 0 Å². The average molecular weight is 469 g/mol. The zero-order valence-electron chi connectivity index (χ0n) is 16.8. The zero-order chi connectivity index (χ0) is 21.8. The molecule has 1 amide bonds. The molecule has 6 nitrogen and oxygen atoms in total. The van der Waals surface area contributed by atoms with Crippen molar-refractivity contribution < 1.29 is 4.79 Å². The van der Waals surface area contributed by atoms with Crippen molar-refractivity contribution in [3.63, 3.8) is 0 Å². The standard InChI is InChI=1S/C22H20N4O2S3/c1-3-9-26-21(28)16-8-10-29-20(16)25-22(26)31-13-15-12-30-19(23-15)11-18(27)24-17-7-5-4-6-14(17)2/h3-8,10,12H,1,9,11,13H2,2H3,(H,24,27). The molecule has 0 aliphatic heterocycles. The van der Waals surface area contributed by atoms with Crippen LogP contribution in [0.4, 0.5) is 5.69 Å². The van der Waals surface area contributed by atoms with Gasteiger partial charge in [0.05, 0.1) is 17.5 Å². The van der Waals surface area contributed by atoms with Crippen LogP contribution >= 0.6 is 34.4 Å². The van der Waals surface area contributed by atoms with E-state index in [-0.39, 0.29) is 17.9 Å². The van der Waals surface area contributed by atoms with Crippen molar-refractivity contribution >= 4 is 56.2 Å². The molecule has 0 saturated heterocycles. The van der Waals surface area contributed by atoms with Crippen molar-refractivity contribution in [2.75, 3.05) is 5.32 Å². The highest BCUT2D eigenvalue weighted by molar-refractivity contribution is 7.98. The molecule has 0 unspecified atom stereocenters. The molecule has 3 heterocycles. The molecule has 1 N–H and O–H groups in total. The molecular weight excluding hydrogens is 448 g/mol. The molecule has 3 aromatic heterocycles. The molecule has 31 heavy (non-hydrogen) atoms. The predicted octanol–water partition coefficient (Wildman–Crippen LogP) is 4.88. The second-order valence-corrected chi connectivity index (χ2v) is 9.58. The van der Waals surface area contributed by atoms with E-state index in [9.17, 15) is 9.59 Å². The molecule has 0 spiro atoms. The second-order valence-electron chi connectivity index (χ2n) is 6.80. The predicted molar refractivity (Wildman–Crippen MR) is 129 cm³/mol. The van der Waals surface area contributed by atoms with Crippen LogP contribution < -0.4 is 10.9 Å². The van der Waals surface area contributed by atoms with Gasteiger partial charge in [-0.05, 0) is 30.0 Å². The van der Waals surface area contributed by atoms with E-state index in [1.54, 1.807) is 16.7 Å². The summed E-state index contributed by atoms with van der Waals surface area (Å²) in [6, 6.07) is 9.49. The Kier molecular flexibility index (Phi) is 6.64. The first-order chi connectivity index (χ1) is 15.0. The Hall–Kier alpha value is -2.75. The number of thiophene rings is 1. The maximum absolute atomic E-state index is 12.7. The number of anilines is 1. The first kappa shape index (κ1) is 21.5. The highest BCUT2D eigenvalue weighted by atomic mass is 32.2. The largest absolute Gasteiger partial charge is 0.325 e. The molecular formula is C22H20N4O2S3. The Morgan fingerprint density at radius 2 is 2.10 bits per heavy atom. The van der Waals surface area contributed by atoms with E-state index < -0.39 is 0 Å². The molecule has 0 aliphatic carbocycles. The lowest BCUT2D eigenvalue weighted by Crippen LogP contribution is -2.22. The van der Waals surface area contributed by atoms with Crippen LogP contribution in [-0.4, -0.2) is 20.4 Å². The number of fused-ring (bicyclic) bond motifs is 1. The monoisotopic (exact) mass is 468 g/mol. The third-order valence-corrected chi connectivity index (χ3v) is 7.25. The number of allylic oxidation sites excluding steroid dienone is 1. The molecule has 4 rings (SSSR count). The summed E-state index contributed by atoms with van der Waals surface area (Å²) in [5.74, 6) is 0.476. The lowest BCUT2D eigenvalue weighted by atomic mass is 10.2. The van der Waals surface area contributed by atoms with Crippen LogP contribution in [-0.2, 0) is 23.5 Å². The van der Waals surface area contributed by atoms with E-state index in [1.807, 2.05) is 41.9 Å². The highest BCUT2D eigenvalue weighted by Gasteiger charge is 2.14. The van der Waals surface area contributed by atoms with Gasteiger partial charge < -0.3 is 5.32 Å². The van der Waals surface area contributed by atoms with Gasteiger partial charge in [-0.2, -0.15) is 0 Å². The first-order valence-corrected chi connectivity index (χ1v) is 12.3. The lowest BCUT2D eigenvalue weighted by molar-refractivity contribution is -0.115. The van der Waals surface area contributed by atoms with Crippen LogP contribution in [0.1, 0.15) is 16.3 Å². The Morgan fingerprint density at radius 3 is 2.90 bits per heavy atom. The van der Waals surface area contributed by atoms with Crippen LogP contribution in [0.2, 0.25) is 0 Å². The number of hydrogen-bond acceptors (Lipinski definition) is 7. The van der Waals surface area contributed by atoms with Crippen LogP contribution in [0.25, 0.3) is 10.2 Å². The van der Waals surface area contributed by atoms with Crippen LogP contribution in [0.15, 0.2) is 63.7 Å². The molecule has 0 bridgehead atoms. The Balaban J connectivity index is 1.43. The van der Waals surface area contributed by atoms with Gasteiger partial charge in [0.1, 0.15) is 9.84 Å². The van der Waals surface area contributed by atoms with E-state index in [4.69, 9.17) is 0 Å². The van der Waals surface area contributed by atoms with Crippen molar-refractivity contribution in [1.29, 1.82) is 0 Å². The minimum absolute atomic E-state index is 0.0551. The summed E-state index contributed by atoms with van der Waals surface area (Å²) in [5.41, 5.74) is 2.64. The fourth-order valence-electron chi connectivity index (χ4n) is 3.01. The molecule has 0 fully saturated rings. The van der Waals surface area contributed by atoms with Crippen LogP contribution in [0.3, 0.4) is 0 Å². The molecule has 0 aliphatic rings. The number of benzene rings is 1. The quantitative estimate of drug-likeness (QED) is 0.227. The third kappa shape index (κ3) is 4.95. The number of thiazole rings is 1. The Labute approximate surface area is 191 Å². The van der Waals surface area contributed by atoms with Crippen molar-refractivity contribution in [1.82, 2.24) is 14.5 Å². The Morgan fingerprint density at radius 1 is 1.26 bits per heavy atom. The van der Waals surface area contributed by atoms with E-state index in [2.05, 4.69) is 21.9 Å².